The summed E-state index contributed by atoms with van der Waals surface area (Å²) in [5, 5.41) is 8.47. The van der Waals surface area contributed by atoms with Gasteiger partial charge in [-0.25, -0.2) is 0 Å². The van der Waals surface area contributed by atoms with Gasteiger partial charge < -0.3 is 5.11 Å². The topological polar surface area (TPSA) is 54.4 Å². The molecule has 3 nitrogen and oxygen atoms in total. The van der Waals surface area contributed by atoms with E-state index in [9.17, 15) is 9.00 Å². The zero-order chi connectivity index (χ0) is 12.7. The zero-order valence-corrected chi connectivity index (χ0v) is 10.8. The number of carbonyl (C=O) groups is 1. The van der Waals surface area contributed by atoms with Crippen molar-refractivity contribution < 1.29 is 14.1 Å². The summed E-state index contributed by atoms with van der Waals surface area (Å²) in [6.07, 6.45) is 2.51. The fourth-order valence-electron chi connectivity index (χ4n) is 1.56. The number of hydrogen-bond acceptors (Lipinski definition) is 2. The minimum Gasteiger partial charge on any atom is -0.481 e. The van der Waals surface area contributed by atoms with Gasteiger partial charge in [0.1, 0.15) is 0 Å². The molecule has 0 bridgehead atoms. The molecule has 0 aliphatic carbocycles. The molecule has 1 N–H and O–H groups in total. The largest absolute Gasteiger partial charge is 0.481 e. The smallest absolute Gasteiger partial charge is 0.303 e. The van der Waals surface area contributed by atoms with Gasteiger partial charge in [0.2, 0.25) is 0 Å². The van der Waals surface area contributed by atoms with Gasteiger partial charge in [0, 0.05) is 17.1 Å². The van der Waals surface area contributed by atoms with Gasteiger partial charge in [-0.15, -0.1) is 0 Å². The summed E-state index contributed by atoms with van der Waals surface area (Å²) in [6.45, 7) is 1.98. The predicted octanol–water partition coefficient (Wildman–Crippen LogP) is 2.75. The number of hydrogen-bond donors (Lipinski definition) is 1. The van der Waals surface area contributed by atoms with Crippen LogP contribution in [0.3, 0.4) is 0 Å². The van der Waals surface area contributed by atoms with Crippen LogP contribution in [-0.2, 0) is 15.6 Å². The third-order valence-electron chi connectivity index (χ3n) is 2.47. The van der Waals surface area contributed by atoms with Gasteiger partial charge in [0.25, 0.3) is 0 Å². The fourth-order valence-corrected chi connectivity index (χ4v) is 2.81. The minimum atomic E-state index is -0.955. The van der Waals surface area contributed by atoms with Gasteiger partial charge in [-0.05, 0) is 37.5 Å². The minimum absolute atomic E-state index is 0.205. The quantitative estimate of drug-likeness (QED) is 0.761. The standard InChI is InChI=1S/C13H18O3S/c1-11-6-5-7-12(10-11)17(16)9-4-2-3-8-13(14)15/h5-7,10H,2-4,8-9H2,1H3,(H,14,15). The van der Waals surface area contributed by atoms with Crippen molar-refractivity contribution in [1.29, 1.82) is 0 Å². The van der Waals surface area contributed by atoms with Crippen molar-refractivity contribution in [3.05, 3.63) is 29.8 Å². The molecule has 1 rings (SSSR count). The Bertz CT molecular complexity index is 401. The maximum Gasteiger partial charge on any atom is 0.303 e. The van der Waals surface area contributed by atoms with Crippen LogP contribution in [0.25, 0.3) is 0 Å². The van der Waals surface area contributed by atoms with Gasteiger partial charge in [0.05, 0.1) is 10.8 Å². The lowest BCUT2D eigenvalue weighted by molar-refractivity contribution is -0.137. The Hall–Kier alpha value is -1.16. The molecule has 0 aliphatic rings. The van der Waals surface area contributed by atoms with Crippen molar-refractivity contribution in [3.8, 4) is 0 Å². The predicted molar refractivity (Wildman–Crippen MR) is 68.6 cm³/mol. The van der Waals surface area contributed by atoms with Crippen LogP contribution in [0.1, 0.15) is 31.2 Å². The van der Waals surface area contributed by atoms with Crippen LogP contribution in [0.4, 0.5) is 0 Å². The molecule has 0 fully saturated rings. The maximum atomic E-state index is 11.9. The fraction of sp³-hybridized carbons (Fsp3) is 0.462. The Morgan fingerprint density at radius 3 is 2.71 bits per heavy atom. The van der Waals surface area contributed by atoms with Crippen LogP contribution >= 0.6 is 0 Å². The number of rotatable bonds is 7. The number of aliphatic carboxylic acids is 1. The number of unbranched alkanes of at least 4 members (excludes halogenated alkanes) is 2. The first-order valence-corrected chi connectivity index (χ1v) is 7.08. The van der Waals surface area contributed by atoms with Crippen molar-refractivity contribution in [2.45, 2.75) is 37.5 Å². The summed E-state index contributed by atoms with van der Waals surface area (Å²) < 4.78 is 11.9. The summed E-state index contributed by atoms with van der Waals surface area (Å²) in [5.41, 5.74) is 1.11. The molecule has 0 aromatic heterocycles. The summed E-state index contributed by atoms with van der Waals surface area (Å²) >= 11 is 0. The van der Waals surface area contributed by atoms with E-state index in [1.807, 2.05) is 31.2 Å². The third-order valence-corrected chi connectivity index (χ3v) is 3.91. The highest BCUT2D eigenvalue weighted by atomic mass is 32.2. The summed E-state index contributed by atoms with van der Waals surface area (Å²) in [5.74, 6) is -0.145. The lowest BCUT2D eigenvalue weighted by Gasteiger charge is -2.03. The van der Waals surface area contributed by atoms with Gasteiger partial charge in [-0.3, -0.25) is 9.00 Å². The summed E-state index contributed by atoms with van der Waals surface area (Å²) in [7, 11) is -0.955. The lowest BCUT2D eigenvalue weighted by Crippen LogP contribution is -1.99. The summed E-state index contributed by atoms with van der Waals surface area (Å²) in [4.78, 5) is 11.2. The average Bonchev–Trinajstić information content (AvgIpc) is 2.28. The van der Waals surface area contributed by atoms with E-state index in [-0.39, 0.29) is 6.42 Å². The van der Waals surface area contributed by atoms with Crippen LogP contribution in [0, 0.1) is 6.92 Å². The second kappa shape index (κ2) is 7.22. The molecule has 1 atom stereocenters. The normalized spacial score (nSPS) is 12.3. The molecule has 4 heteroatoms. The van der Waals surface area contributed by atoms with E-state index in [0.29, 0.717) is 12.2 Å². The number of benzene rings is 1. The van der Waals surface area contributed by atoms with Crippen LogP contribution in [0.2, 0.25) is 0 Å². The molecule has 0 amide bonds. The molecule has 0 spiro atoms. The SMILES string of the molecule is Cc1cccc(S(=O)CCCCCC(=O)O)c1. The molecular formula is C13H18O3S. The molecular weight excluding hydrogens is 236 g/mol. The molecule has 94 valence electrons. The zero-order valence-electron chi connectivity index (χ0n) is 10.0. The Kier molecular flexibility index (Phi) is 5.91. The highest BCUT2D eigenvalue weighted by Crippen LogP contribution is 2.11. The van der Waals surface area contributed by atoms with E-state index in [1.165, 1.54) is 0 Å². The monoisotopic (exact) mass is 254 g/mol. The van der Waals surface area contributed by atoms with E-state index < -0.39 is 16.8 Å². The molecule has 17 heavy (non-hydrogen) atoms. The second-order valence-corrected chi connectivity index (χ2v) is 5.64. The van der Waals surface area contributed by atoms with Gasteiger partial charge in [-0.1, -0.05) is 18.6 Å². The van der Waals surface area contributed by atoms with Crippen molar-refractivity contribution >= 4 is 16.8 Å². The van der Waals surface area contributed by atoms with Crippen LogP contribution < -0.4 is 0 Å². The van der Waals surface area contributed by atoms with Crippen molar-refractivity contribution in [1.82, 2.24) is 0 Å². The van der Waals surface area contributed by atoms with E-state index >= 15 is 0 Å². The van der Waals surface area contributed by atoms with Crippen LogP contribution in [-0.4, -0.2) is 21.0 Å². The number of carboxylic acids is 1. The Morgan fingerprint density at radius 2 is 2.06 bits per heavy atom. The first kappa shape index (κ1) is 13.9. The molecule has 0 radical (unpaired) electrons. The molecule has 0 heterocycles. The number of carboxylic acid groups (broad SMARTS) is 1. The van der Waals surface area contributed by atoms with Gasteiger partial charge in [0.15, 0.2) is 0 Å². The van der Waals surface area contributed by atoms with Gasteiger partial charge in [-0.2, -0.15) is 0 Å². The third kappa shape index (κ3) is 5.63. The molecule has 0 saturated heterocycles. The highest BCUT2D eigenvalue weighted by molar-refractivity contribution is 7.85. The van der Waals surface area contributed by atoms with E-state index in [1.54, 1.807) is 0 Å². The molecule has 0 saturated carbocycles. The Morgan fingerprint density at radius 1 is 1.29 bits per heavy atom. The molecule has 1 aromatic rings. The lowest BCUT2D eigenvalue weighted by atomic mass is 10.2. The van der Waals surface area contributed by atoms with Crippen molar-refractivity contribution in [2.75, 3.05) is 5.75 Å². The first-order valence-electron chi connectivity index (χ1n) is 5.76. The van der Waals surface area contributed by atoms with Crippen molar-refractivity contribution in [2.24, 2.45) is 0 Å². The Balaban J connectivity index is 2.28. The molecule has 1 unspecified atom stereocenters. The molecule has 1 aromatic carbocycles. The van der Waals surface area contributed by atoms with E-state index in [4.69, 9.17) is 5.11 Å². The second-order valence-electron chi connectivity index (χ2n) is 4.07. The highest BCUT2D eigenvalue weighted by Gasteiger charge is 2.04. The van der Waals surface area contributed by atoms with Crippen molar-refractivity contribution in [3.63, 3.8) is 0 Å². The first-order chi connectivity index (χ1) is 8.09. The summed E-state index contributed by atoms with van der Waals surface area (Å²) in [6, 6.07) is 7.70. The van der Waals surface area contributed by atoms with Gasteiger partial charge >= 0.3 is 5.97 Å². The van der Waals surface area contributed by atoms with Crippen LogP contribution in [0.15, 0.2) is 29.2 Å². The molecule has 0 aliphatic heterocycles. The van der Waals surface area contributed by atoms with E-state index in [2.05, 4.69) is 0 Å². The Labute approximate surface area is 104 Å². The number of aryl methyl sites for hydroxylation is 1. The van der Waals surface area contributed by atoms with E-state index in [0.717, 1.165) is 23.3 Å². The maximum absolute atomic E-state index is 11.9. The van der Waals surface area contributed by atoms with Crippen LogP contribution in [0.5, 0.6) is 0 Å². The average molecular weight is 254 g/mol.